The fraction of sp³-hybridized carbons (Fsp3) is 0.760. The van der Waals surface area contributed by atoms with Crippen molar-refractivity contribution in [2.75, 3.05) is 0 Å². The van der Waals surface area contributed by atoms with Gasteiger partial charge in [-0.1, -0.05) is 19.4 Å². The third-order valence-electron chi connectivity index (χ3n) is 8.76. The Morgan fingerprint density at radius 2 is 1.56 bits per heavy atom. The zero-order chi connectivity index (χ0) is 23.4. The minimum Gasteiger partial charge on any atom is -0.462 e. The zero-order valence-corrected chi connectivity index (χ0v) is 19.6. The summed E-state index contributed by atoms with van der Waals surface area (Å²) in [6.07, 6.45) is 5.00. The van der Waals surface area contributed by atoms with Gasteiger partial charge in [0.15, 0.2) is 5.78 Å². The van der Waals surface area contributed by atoms with Crippen LogP contribution in [0.1, 0.15) is 73.1 Å². The predicted molar refractivity (Wildman–Crippen MR) is 114 cm³/mol. The molecule has 0 spiro atoms. The second kappa shape index (κ2) is 7.99. The molecule has 0 amide bonds. The summed E-state index contributed by atoms with van der Waals surface area (Å²) in [5.41, 5.74) is 0.558. The smallest absolute Gasteiger partial charge is 0.303 e. The molecule has 3 unspecified atom stereocenters. The van der Waals surface area contributed by atoms with Gasteiger partial charge < -0.3 is 14.2 Å². The average molecular weight is 447 g/mol. The van der Waals surface area contributed by atoms with Gasteiger partial charge in [0.1, 0.15) is 18.3 Å². The molecular weight excluding hydrogens is 412 g/mol. The third kappa shape index (κ3) is 3.67. The Labute approximate surface area is 189 Å². The molecule has 7 heteroatoms. The molecular formula is C25H34O7. The van der Waals surface area contributed by atoms with E-state index in [4.69, 9.17) is 14.2 Å². The summed E-state index contributed by atoms with van der Waals surface area (Å²) in [7, 11) is 0. The SMILES string of the molecule is CC(=O)O[C@H]1CC[C@@]2(C)C(=CC(=O)C3C2CC[C@@]2(C)C3C[C@H](OC(C)=O)[C@@H]2OC(C)=O)C1. The summed E-state index contributed by atoms with van der Waals surface area (Å²) in [4.78, 5) is 48.6. The van der Waals surface area contributed by atoms with Crippen LogP contribution in [0.4, 0.5) is 0 Å². The van der Waals surface area contributed by atoms with E-state index in [0.717, 1.165) is 31.3 Å². The number of carbonyl (C=O) groups is 4. The van der Waals surface area contributed by atoms with Crippen LogP contribution in [-0.4, -0.2) is 42.0 Å². The number of allylic oxidation sites excluding steroid dienone is 1. The number of ether oxygens (including phenoxy) is 3. The highest BCUT2D eigenvalue weighted by atomic mass is 16.6. The molecule has 8 atom stereocenters. The normalized spacial score (nSPS) is 42.7. The van der Waals surface area contributed by atoms with Crippen molar-refractivity contribution in [1.82, 2.24) is 0 Å². The first-order chi connectivity index (χ1) is 15.0. The van der Waals surface area contributed by atoms with Crippen molar-refractivity contribution in [2.45, 2.75) is 91.5 Å². The number of esters is 3. The highest BCUT2D eigenvalue weighted by molar-refractivity contribution is 5.94. The standard InChI is InChI=1S/C25H34O7/c1-13(26)30-17-6-8-24(4)16(10-17)11-20(29)22-18(24)7-9-25(5)19(22)12-21(31-14(2)27)23(25)32-15(3)28/h11,17-19,21-23H,6-10,12H2,1-5H3/t17-,18?,19?,21-,22?,23-,24-,25-/m0/s1. The molecule has 0 aliphatic heterocycles. The van der Waals surface area contributed by atoms with E-state index in [9.17, 15) is 19.2 Å². The van der Waals surface area contributed by atoms with Crippen LogP contribution < -0.4 is 0 Å². The van der Waals surface area contributed by atoms with Crippen LogP contribution in [0.25, 0.3) is 0 Å². The molecule has 0 aromatic heterocycles. The highest BCUT2D eigenvalue weighted by Crippen LogP contribution is 2.65. The van der Waals surface area contributed by atoms with Crippen molar-refractivity contribution >= 4 is 23.7 Å². The monoisotopic (exact) mass is 446 g/mol. The number of hydrogen-bond acceptors (Lipinski definition) is 7. The summed E-state index contributed by atoms with van der Waals surface area (Å²) in [5.74, 6) is -1.02. The van der Waals surface area contributed by atoms with Crippen molar-refractivity contribution in [3.63, 3.8) is 0 Å². The lowest BCUT2D eigenvalue weighted by molar-refractivity contribution is -0.172. The Kier molecular flexibility index (Phi) is 5.74. The maximum absolute atomic E-state index is 13.5. The first-order valence-electron chi connectivity index (χ1n) is 11.7. The van der Waals surface area contributed by atoms with E-state index in [0.29, 0.717) is 12.8 Å². The maximum atomic E-state index is 13.5. The quantitative estimate of drug-likeness (QED) is 0.483. The van der Waals surface area contributed by atoms with Crippen LogP contribution in [0.2, 0.25) is 0 Å². The van der Waals surface area contributed by atoms with Gasteiger partial charge in [-0.3, -0.25) is 19.2 Å². The van der Waals surface area contributed by atoms with E-state index in [1.54, 1.807) is 6.08 Å². The number of carbonyl (C=O) groups excluding carboxylic acids is 4. The molecule has 3 saturated carbocycles. The first-order valence-corrected chi connectivity index (χ1v) is 11.7. The minimum absolute atomic E-state index is 0.0248. The van der Waals surface area contributed by atoms with E-state index in [-0.39, 0.29) is 41.0 Å². The Bertz CT molecular complexity index is 876. The Balaban J connectivity index is 1.66. The van der Waals surface area contributed by atoms with E-state index >= 15 is 0 Å². The van der Waals surface area contributed by atoms with Gasteiger partial charge in [0.25, 0.3) is 0 Å². The molecule has 3 fully saturated rings. The molecule has 4 rings (SSSR count). The van der Waals surface area contributed by atoms with Gasteiger partial charge in [0.05, 0.1) is 0 Å². The molecule has 176 valence electrons. The van der Waals surface area contributed by atoms with Gasteiger partial charge in [0.2, 0.25) is 0 Å². The molecule has 0 saturated heterocycles. The summed E-state index contributed by atoms with van der Waals surface area (Å²) in [6.45, 7) is 8.48. The number of fused-ring (bicyclic) bond motifs is 5. The van der Waals surface area contributed by atoms with Gasteiger partial charge in [-0.2, -0.15) is 0 Å². The molecule has 0 aromatic rings. The molecule has 0 heterocycles. The first kappa shape index (κ1) is 23.0. The molecule has 0 N–H and O–H groups in total. The van der Waals surface area contributed by atoms with Gasteiger partial charge in [0, 0.05) is 38.5 Å². The fourth-order valence-corrected chi connectivity index (χ4v) is 7.37. The van der Waals surface area contributed by atoms with Crippen LogP contribution in [0.5, 0.6) is 0 Å². The molecule has 7 nitrogen and oxygen atoms in total. The topological polar surface area (TPSA) is 96.0 Å². The van der Waals surface area contributed by atoms with Crippen molar-refractivity contribution in [1.29, 1.82) is 0 Å². The minimum atomic E-state index is -0.541. The van der Waals surface area contributed by atoms with Crippen LogP contribution in [0, 0.1) is 28.6 Å². The molecule has 4 aliphatic rings. The van der Waals surface area contributed by atoms with E-state index in [2.05, 4.69) is 13.8 Å². The summed E-state index contributed by atoms with van der Waals surface area (Å²) >= 11 is 0. The largest absolute Gasteiger partial charge is 0.462 e. The molecule has 4 aliphatic carbocycles. The van der Waals surface area contributed by atoms with Crippen molar-refractivity contribution in [2.24, 2.45) is 28.6 Å². The second-order valence-corrected chi connectivity index (χ2v) is 10.7. The predicted octanol–water partition coefficient (Wildman–Crippen LogP) is 3.53. The van der Waals surface area contributed by atoms with E-state index in [1.807, 2.05) is 0 Å². The van der Waals surface area contributed by atoms with Crippen LogP contribution in [0.15, 0.2) is 11.6 Å². The summed E-state index contributed by atoms with van der Waals surface area (Å²) in [6, 6.07) is 0. The number of rotatable bonds is 3. The molecule has 0 aromatic carbocycles. The fourth-order valence-electron chi connectivity index (χ4n) is 7.37. The van der Waals surface area contributed by atoms with Crippen molar-refractivity contribution in [3.05, 3.63) is 11.6 Å². The summed E-state index contributed by atoms with van der Waals surface area (Å²) in [5, 5.41) is 0. The molecule has 32 heavy (non-hydrogen) atoms. The van der Waals surface area contributed by atoms with E-state index < -0.39 is 29.6 Å². The van der Waals surface area contributed by atoms with Crippen molar-refractivity contribution < 1.29 is 33.4 Å². The van der Waals surface area contributed by atoms with Crippen LogP contribution >= 0.6 is 0 Å². The van der Waals surface area contributed by atoms with Crippen LogP contribution in [0.3, 0.4) is 0 Å². The second-order valence-electron chi connectivity index (χ2n) is 10.7. The Morgan fingerprint density at radius 3 is 2.19 bits per heavy atom. The van der Waals surface area contributed by atoms with Crippen molar-refractivity contribution in [3.8, 4) is 0 Å². The Morgan fingerprint density at radius 1 is 0.906 bits per heavy atom. The number of ketones is 1. The zero-order valence-electron chi connectivity index (χ0n) is 19.6. The van der Waals surface area contributed by atoms with Gasteiger partial charge in [-0.25, -0.2) is 0 Å². The Hall–Kier alpha value is -2.18. The lowest BCUT2D eigenvalue weighted by atomic mass is 9.47. The van der Waals surface area contributed by atoms with Gasteiger partial charge >= 0.3 is 17.9 Å². The van der Waals surface area contributed by atoms with Crippen LogP contribution in [-0.2, 0) is 33.4 Å². The molecule has 0 bridgehead atoms. The van der Waals surface area contributed by atoms with Gasteiger partial charge in [-0.15, -0.1) is 0 Å². The number of hydrogen-bond donors (Lipinski definition) is 0. The summed E-state index contributed by atoms with van der Waals surface area (Å²) < 4.78 is 16.7. The highest BCUT2D eigenvalue weighted by Gasteiger charge is 2.65. The average Bonchev–Trinajstić information content (AvgIpc) is 2.93. The van der Waals surface area contributed by atoms with E-state index in [1.165, 1.54) is 20.8 Å². The third-order valence-corrected chi connectivity index (χ3v) is 8.76. The lowest BCUT2D eigenvalue weighted by Crippen LogP contribution is -2.54. The lowest BCUT2D eigenvalue weighted by Gasteiger charge is -2.56. The molecule has 0 radical (unpaired) electrons. The maximum Gasteiger partial charge on any atom is 0.303 e. The van der Waals surface area contributed by atoms with Gasteiger partial charge in [-0.05, 0) is 55.4 Å².